The van der Waals surface area contributed by atoms with Crippen molar-refractivity contribution in [3.63, 3.8) is 0 Å². The number of nitrogens with one attached hydrogen (secondary N) is 2. The number of aromatic nitrogens is 3. The maximum absolute atomic E-state index is 12.5. The van der Waals surface area contributed by atoms with E-state index < -0.39 is 0 Å². The van der Waals surface area contributed by atoms with Crippen molar-refractivity contribution in [1.82, 2.24) is 15.0 Å². The maximum Gasteiger partial charge on any atom is 0.255 e. The Bertz CT molecular complexity index is 1210. The smallest absolute Gasteiger partial charge is 0.255 e. The average Bonchev–Trinajstić information content (AvgIpc) is 2.85. The normalized spacial score (nSPS) is 10.4. The first-order chi connectivity index (χ1) is 15.6. The fourth-order valence-corrected chi connectivity index (χ4v) is 3.02. The summed E-state index contributed by atoms with van der Waals surface area (Å²) in [6, 6.07) is 20.0. The van der Waals surface area contributed by atoms with E-state index in [0.29, 0.717) is 35.3 Å². The van der Waals surface area contributed by atoms with Gasteiger partial charge in [0.15, 0.2) is 0 Å². The Labute approximate surface area is 185 Å². The molecular formula is C24H22N6O2. The minimum atomic E-state index is -0.216. The molecule has 8 heteroatoms. The first-order valence-electron chi connectivity index (χ1n) is 9.94. The number of nitrogens with two attached hydrogens (primary N) is 1. The van der Waals surface area contributed by atoms with Crippen molar-refractivity contribution in [2.45, 2.75) is 6.54 Å². The van der Waals surface area contributed by atoms with Crippen LogP contribution in [0.5, 0.6) is 5.88 Å². The van der Waals surface area contributed by atoms with Crippen LogP contribution in [0.2, 0.25) is 0 Å². The molecule has 0 unspecified atom stereocenters. The van der Waals surface area contributed by atoms with E-state index in [1.165, 1.54) is 0 Å². The number of nitrogen functional groups attached to an aromatic ring is 1. The van der Waals surface area contributed by atoms with Gasteiger partial charge in [-0.3, -0.25) is 4.79 Å². The van der Waals surface area contributed by atoms with Crippen LogP contribution in [0.1, 0.15) is 15.9 Å². The van der Waals surface area contributed by atoms with Crippen LogP contribution in [0.3, 0.4) is 0 Å². The number of pyridine rings is 1. The van der Waals surface area contributed by atoms with Crippen LogP contribution in [0.25, 0.3) is 11.3 Å². The summed E-state index contributed by atoms with van der Waals surface area (Å²) >= 11 is 0. The van der Waals surface area contributed by atoms with Crippen molar-refractivity contribution in [3.8, 4) is 17.1 Å². The molecule has 0 saturated carbocycles. The summed E-state index contributed by atoms with van der Waals surface area (Å²) in [5.41, 5.74) is 10.1. The highest BCUT2D eigenvalue weighted by Crippen LogP contribution is 2.20. The Morgan fingerprint density at radius 3 is 2.53 bits per heavy atom. The Balaban J connectivity index is 1.38. The molecule has 4 N–H and O–H groups in total. The van der Waals surface area contributed by atoms with E-state index in [-0.39, 0.29) is 5.91 Å². The number of amides is 1. The summed E-state index contributed by atoms with van der Waals surface area (Å²) in [5, 5.41) is 6.03. The molecule has 0 saturated heterocycles. The number of para-hydroxylation sites is 2. The van der Waals surface area contributed by atoms with Crippen molar-refractivity contribution < 1.29 is 9.53 Å². The van der Waals surface area contributed by atoms with Crippen LogP contribution >= 0.6 is 0 Å². The zero-order valence-corrected chi connectivity index (χ0v) is 17.4. The highest BCUT2D eigenvalue weighted by molar-refractivity contribution is 6.05. The third kappa shape index (κ3) is 4.99. The van der Waals surface area contributed by atoms with Gasteiger partial charge in [0.1, 0.15) is 0 Å². The molecule has 0 spiro atoms. The summed E-state index contributed by atoms with van der Waals surface area (Å²) in [6.07, 6.45) is 3.40. The molecular weight excluding hydrogens is 404 g/mol. The van der Waals surface area contributed by atoms with E-state index in [2.05, 4.69) is 25.6 Å². The lowest BCUT2D eigenvalue weighted by atomic mass is 10.1. The average molecular weight is 426 g/mol. The van der Waals surface area contributed by atoms with Crippen molar-refractivity contribution in [1.29, 1.82) is 0 Å². The molecule has 1 amide bonds. The van der Waals surface area contributed by atoms with Gasteiger partial charge in [0.25, 0.3) is 5.91 Å². The molecule has 0 aliphatic rings. The molecule has 8 nitrogen and oxygen atoms in total. The van der Waals surface area contributed by atoms with Gasteiger partial charge in [-0.1, -0.05) is 24.3 Å². The Morgan fingerprint density at radius 2 is 1.81 bits per heavy atom. The van der Waals surface area contributed by atoms with E-state index in [4.69, 9.17) is 10.5 Å². The summed E-state index contributed by atoms with van der Waals surface area (Å²) in [4.78, 5) is 25.5. The van der Waals surface area contributed by atoms with E-state index >= 15 is 0 Å². The Morgan fingerprint density at radius 1 is 1.00 bits per heavy atom. The van der Waals surface area contributed by atoms with Crippen molar-refractivity contribution in [2.75, 3.05) is 23.5 Å². The number of hydrogen-bond donors (Lipinski definition) is 3. The zero-order chi connectivity index (χ0) is 22.3. The highest BCUT2D eigenvalue weighted by Gasteiger charge is 2.08. The largest absolute Gasteiger partial charge is 0.481 e. The second-order valence-corrected chi connectivity index (χ2v) is 6.95. The first kappa shape index (κ1) is 20.8. The molecule has 2 heterocycles. The van der Waals surface area contributed by atoms with Gasteiger partial charge in [0, 0.05) is 36.1 Å². The second-order valence-electron chi connectivity index (χ2n) is 6.95. The number of carbonyl (C=O) groups excluding carboxylic acids is 1. The van der Waals surface area contributed by atoms with Crippen LogP contribution in [0, 0.1) is 0 Å². The van der Waals surface area contributed by atoms with Gasteiger partial charge in [-0.05, 0) is 42.0 Å². The fourth-order valence-electron chi connectivity index (χ4n) is 3.02. The van der Waals surface area contributed by atoms with Crippen molar-refractivity contribution in [2.24, 2.45) is 0 Å². The Hall–Kier alpha value is -4.46. The van der Waals surface area contributed by atoms with Crippen LogP contribution in [0.15, 0.2) is 79.1 Å². The van der Waals surface area contributed by atoms with Gasteiger partial charge in [-0.2, -0.15) is 0 Å². The quantitative estimate of drug-likeness (QED) is 0.383. The molecule has 4 aromatic rings. The summed E-state index contributed by atoms with van der Waals surface area (Å²) in [7, 11) is 1.58. The van der Waals surface area contributed by atoms with Crippen molar-refractivity contribution in [3.05, 3.63) is 90.3 Å². The molecule has 2 aromatic heterocycles. The third-order valence-electron chi connectivity index (χ3n) is 4.77. The third-order valence-corrected chi connectivity index (χ3v) is 4.77. The Kier molecular flexibility index (Phi) is 6.22. The standard InChI is InChI=1S/C24H22N6O2/c1-32-22-11-10-18(15-27-22)20-12-13-26-24(30-20)28-14-16-6-8-17(9-7-16)23(31)29-21-5-3-2-4-19(21)25/h2-13,15H,14,25H2,1H3,(H,29,31)(H,26,28,30). The summed E-state index contributed by atoms with van der Waals surface area (Å²) in [5.74, 6) is 0.830. The molecule has 0 fully saturated rings. The SMILES string of the molecule is COc1ccc(-c2ccnc(NCc3ccc(C(=O)Nc4ccccc4N)cc3)n2)cn1. The number of nitrogens with zero attached hydrogens (tertiary/aromatic N) is 3. The monoisotopic (exact) mass is 426 g/mol. The number of anilines is 3. The number of hydrogen-bond acceptors (Lipinski definition) is 7. The van der Waals surface area contributed by atoms with Gasteiger partial charge >= 0.3 is 0 Å². The van der Waals surface area contributed by atoms with Gasteiger partial charge in [-0.15, -0.1) is 0 Å². The van der Waals surface area contributed by atoms with E-state index in [1.54, 1.807) is 49.8 Å². The number of methoxy groups -OCH3 is 1. The van der Waals surface area contributed by atoms with Gasteiger partial charge in [-0.25, -0.2) is 15.0 Å². The molecule has 4 rings (SSSR count). The lowest BCUT2D eigenvalue weighted by Gasteiger charge is -2.09. The van der Waals surface area contributed by atoms with Crippen LogP contribution < -0.4 is 21.1 Å². The molecule has 0 radical (unpaired) electrons. The van der Waals surface area contributed by atoms with Crippen LogP contribution in [-0.2, 0) is 6.54 Å². The molecule has 32 heavy (non-hydrogen) atoms. The predicted molar refractivity (Wildman–Crippen MR) is 124 cm³/mol. The second kappa shape index (κ2) is 9.57. The summed E-state index contributed by atoms with van der Waals surface area (Å²) < 4.78 is 5.09. The molecule has 0 aliphatic carbocycles. The zero-order valence-electron chi connectivity index (χ0n) is 17.4. The van der Waals surface area contributed by atoms with Crippen molar-refractivity contribution >= 4 is 23.2 Å². The van der Waals surface area contributed by atoms with E-state index in [0.717, 1.165) is 16.8 Å². The van der Waals surface area contributed by atoms with Gasteiger partial charge < -0.3 is 21.1 Å². The van der Waals surface area contributed by atoms with Crippen LogP contribution in [0.4, 0.5) is 17.3 Å². The lowest BCUT2D eigenvalue weighted by molar-refractivity contribution is 0.102. The molecule has 0 bridgehead atoms. The van der Waals surface area contributed by atoms with Crippen LogP contribution in [-0.4, -0.2) is 28.0 Å². The maximum atomic E-state index is 12.5. The fraction of sp³-hybridized carbons (Fsp3) is 0.0833. The topological polar surface area (TPSA) is 115 Å². The van der Waals surface area contributed by atoms with Gasteiger partial charge in [0.05, 0.1) is 24.2 Å². The number of ether oxygens (including phenoxy) is 1. The number of benzene rings is 2. The highest BCUT2D eigenvalue weighted by atomic mass is 16.5. The molecule has 0 atom stereocenters. The number of rotatable bonds is 7. The lowest BCUT2D eigenvalue weighted by Crippen LogP contribution is -2.13. The van der Waals surface area contributed by atoms with E-state index in [1.807, 2.05) is 36.4 Å². The minimum Gasteiger partial charge on any atom is -0.481 e. The minimum absolute atomic E-state index is 0.216. The van der Waals surface area contributed by atoms with Gasteiger partial charge in [0.2, 0.25) is 11.8 Å². The number of carbonyl (C=O) groups is 1. The summed E-state index contributed by atoms with van der Waals surface area (Å²) in [6.45, 7) is 0.512. The molecule has 160 valence electrons. The van der Waals surface area contributed by atoms with E-state index in [9.17, 15) is 4.79 Å². The molecule has 0 aliphatic heterocycles. The predicted octanol–water partition coefficient (Wildman–Crippen LogP) is 3.99. The first-order valence-corrected chi connectivity index (χ1v) is 9.94. The molecule has 2 aromatic carbocycles.